The molecule has 2 heteroatoms. The predicted molar refractivity (Wildman–Crippen MR) is 58.5 cm³/mol. The highest BCUT2D eigenvalue weighted by atomic mass is 19.1. The summed E-state index contributed by atoms with van der Waals surface area (Å²) in [6.07, 6.45) is 4.71. The fraction of sp³-hybridized carbons (Fsp3) is 0.538. The van der Waals surface area contributed by atoms with Crippen LogP contribution >= 0.6 is 0 Å². The van der Waals surface area contributed by atoms with Crippen molar-refractivity contribution in [2.24, 2.45) is 0 Å². The number of fused-ring (bicyclic) bond motifs is 2. The van der Waals surface area contributed by atoms with Crippen LogP contribution in [0.25, 0.3) is 0 Å². The molecule has 0 saturated carbocycles. The van der Waals surface area contributed by atoms with Gasteiger partial charge in [0.25, 0.3) is 0 Å². The fourth-order valence-corrected chi connectivity index (χ4v) is 3.22. The molecule has 1 saturated heterocycles. The van der Waals surface area contributed by atoms with Crippen molar-refractivity contribution in [3.63, 3.8) is 0 Å². The van der Waals surface area contributed by atoms with Crippen molar-refractivity contribution in [3.05, 3.63) is 35.1 Å². The summed E-state index contributed by atoms with van der Waals surface area (Å²) < 4.78 is 13.1. The van der Waals surface area contributed by atoms with Gasteiger partial charge in [0.05, 0.1) is 0 Å². The van der Waals surface area contributed by atoms with Crippen molar-refractivity contribution in [1.82, 2.24) is 5.32 Å². The zero-order valence-corrected chi connectivity index (χ0v) is 8.85. The molecule has 80 valence electrons. The van der Waals surface area contributed by atoms with Crippen molar-refractivity contribution in [1.29, 1.82) is 0 Å². The molecular formula is C13H16FN. The van der Waals surface area contributed by atoms with Crippen molar-refractivity contribution in [2.75, 3.05) is 13.1 Å². The van der Waals surface area contributed by atoms with Gasteiger partial charge in [-0.2, -0.15) is 0 Å². The number of rotatable bonds is 0. The second-order valence-electron chi connectivity index (χ2n) is 4.83. The van der Waals surface area contributed by atoms with Crippen LogP contribution in [0.3, 0.4) is 0 Å². The minimum atomic E-state index is -0.0836. The molecule has 1 aliphatic heterocycles. The Kier molecular flexibility index (Phi) is 2.06. The van der Waals surface area contributed by atoms with Crippen molar-refractivity contribution >= 4 is 0 Å². The Morgan fingerprint density at radius 2 is 1.93 bits per heavy atom. The number of benzene rings is 1. The third kappa shape index (κ3) is 1.39. The van der Waals surface area contributed by atoms with E-state index in [2.05, 4.69) is 5.32 Å². The molecule has 1 N–H and O–H groups in total. The summed E-state index contributed by atoms with van der Waals surface area (Å²) >= 11 is 0. The number of hydrogen-bond acceptors (Lipinski definition) is 1. The van der Waals surface area contributed by atoms with Gasteiger partial charge in [-0.05, 0) is 67.4 Å². The standard InChI is InChI=1S/C13H16FN/c14-11-1-2-12-10(9-11)3-4-13(12)5-7-15-8-6-13/h1-2,9,15H,3-8H2. The number of halogens is 1. The lowest BCUT2D eigenvalue weighted by Crippen LogP contribution is -2.38. The van der Waals surface area contributed by atoms with Crippen LogP contribution in [0.5, 0.6) is 0 Å². The molecule has 1 nitrogen and oxygen atoms in total. The molecule has 3 rings (SSSR count). The van der Waals surface area contributed by atoms with Crippen LogP contribution < -0.4 is 5.32 Å². The highest BCUT2D eigenvalue weighted by molar-refractivity contribution is 5.40. The van der Waals surface area contributed by atoms with Crippen molar-refractivity contribution in [3.8, 4) is 0 Å². The molecule has 1 aromatic rings. The number of nitrogens with one attached hydrogen (secondary N) is 1. The van der Waals surface area contributed by atoms with Crippen molar-refractivity contribution < 1.29 is 4.39 Å². The highest BCUT2D eigenvalue weighted by Crippen LogP contribution is 2.45. The average molecular weight is 205 g/mol. The van der Waals surface area contributed by atoms with E-state index in [4.69, 9.17) is 0 Å². The number of aryl methyl sites for hydroxylation is 1. The van der Waals surface area contributed by atoms with Gasteiger partial charge in [0.2, 0.25) is 0 Å². The highest BCUT2D eigenvalue weighted by Gasteiger charge is 2.39. The first kappa shape index (κ1) is 9.34. The molecule has 15 heavy (non-hydrogen) atoms. The minimum absolute atomic E-state index is 0.0836. The Labute approximate surface area is 89.7 Å². The quantitative estimate of drug-likeness (QED) is 0.685. The summed E-state index contributed by atoms with van der Waals surface area (Å²) in [6, 6.07) is 5.36. The van der Waals surface area contributed by atoms with E-state index in [-0.39, 0.29) is 5.82 Å². The van der Waals surface area contributed by atoms with Crippen LogP contribution in [0.4, 0.5) is 4.39 Å². The lowest BCUT2D eigenvalue weighted by molar-refractivity contribution is 0.306. The van der Waals surface area contributed by atoms with Gasteiger partial charge in [0.15, 0.2) is 0 Å². The van der Waals surface area contributed by atoms with Crippen LogP contribution in [0.1, 0.15) is 30.4 Å². The van der Waals surface area contributed by atoms with Gasteiger partial charge in [-0.15, -0.1) is 0 Å². The van der Waals surface area contributed by atoms with Gasteiger partial charge < -0.3 is 5.32 Å². The van der Waals surface area contributed by atoms with E-state index in [0.717, 1.165) is 19.5 Å². The van der Waals surface area contributed by atoms with Crippen molar-refractivity contribution in [2.45, 2.75) is 31.1 Å². The molecule has 0 unspecified atom stereocenters. The van der Waals surface area contributed by atoms with Gasteiger partial charge >= 0.3 is 0 Å². The largest absolute Gasteiger partial charge is 0.317 e. The molecule has 1 fully saturated rings. The monoisotopic (exact) mass is 205 g/mol. The van der Waals surface area contributed by atoms with E-state index in [0.29, 0.717) is 5.41 Å². The molecule has 1 aromatic carbocycles. The zero-order valence-electron chi connectivity index (χ0n) is 8.85. The van der Waals surface area contributed by atoms with Gasteiger partial charge in [-0.3, -0.25) is 0 Å². The lowest BCUT2D eigenvalue weighted by Gasteiger charge is -2.35. The summed E-state index contributed by atoms with van der Waals surface area (Å²) in [5.41, 5.74) is 3.04. The maximum atomic E-state index is 13.1. The maximum absolute atomic E-state index is 13.1. The second kappa shape index (κ2) is 3.31. The molecule has 0 amide bonds. The average Bonchev–Trinajstić information content (AvgIpc) is 2.58. The molecule has 0 atom stereocenters. The molecular weight excluding hydrogens is 189 g/mol. The Morgan fingerprint density at radius 3 is 2.73 bits per heavy atom. The topological polar surface area (TPSA) is 12.0 Å². The van der Waals surface area contributed by atoms with Crippen LogP contribution in [0, 0.1) is 5.82 Å². The minimum Gasteiger partial charge on any atom is -0.317 e. The zero-order chi connectivity index (χ0) is 10.3. The summed E-state index contributed by atoms with van der Waals surface area (Å²) in [7, 11) is 0. The first-order valence-corrected chi connectivity index (χ1v) is 5.80. The second-order valence-corrected chi connectivity index (χ2v) is 4.83. The van der Waals surface area contributed by atoms with Gasteiger partial charge in [0.1, 0.15) is 5.82 Å². The summed E-state index contributed by atoms with van der Waals surface area (Å²) in [6.45, 7) is 2.22. The lowest BCUT2D eigenvalue weighted by atomic mass is 9.74. The van der Waals surface area contributed by atoms with E-state index in [1.54, 1.807) is 12.1 Å². The predicted octanol–water partition coefficient (Wildman–Crippen LogP) is 2.39. The Hall–Kier alpha value is -0.890. The molecule has 1 aliphatic carbocycles. The van der Waals surface area contributed by atoms with Crippen LogP contribution in [-0.2, 0) is 11.8 Å². The third-order valence-corrected chi connectivity index (χ3v) is 4.07. The van der Waals surface area contributed by atoms with E-state index < -0.39 is 0 Å². The van der Waals surface area contributed by atoms with Crippen LogP contribution in [0.2, 0.25) is 0 Å². The summed E-state index contributed by atoms with van der Waals surface area (Å²) in [5.74, 6) is -0.0836. The van der Waals surface area contributed by atoms with Gasteiger partial charge in [-0.25, -0.2) is 4.39 Å². The number of piperidine rings is 1. The van der Waals surface area contributed by atoms with Crippen LogP contribution in [0.15, 0.2) is 18.2 Å². The Morgan fingerprint density at radius 1 is 1.13 bits per heavy atom. The van der Waals surface area contributed by atoms with E-state index in [1.807, 2.05) is 6.07 Å². The Balaban J connectivity index is 2.03. The molecule has 1 spiro atoms. The molecule has 2 aliphatic rings. The van der Waals surface area contributed by atoms with E-state index in [9.17, 15) is 4.39 Å². The first-order chi connectivity index (χ1) is 7.30. The fourth-order valence-electron chi connectivity index (χ4n) is 3.22. The first-order valence-electron chi connectivity index (χ1n) is 5.80. The Bertz CT molecular complexity index is 380. The molecule has 1 heterocycles. The summed E-state index contributed by atoms with van der Waals surface area (Å²) in [4.78, 5) is 0. The third-order valence-electron chi connectivity index (χ3n) is 4.07. The maximum Gasteiger partial charge on any atom is 0.123 e. The van der Waals surface area contributed by atoms with Gasteiger partial charge in [-0.1, -0.05) is 6.07 Å². The number of hydrogen-bond donors (Lipinski definition) is 1. The smallest absolute Gasteiger partial charge is 0.123 e. The molecule has 0 aromatic heterocycles. The van der Waals surface area contributed by atoms with Crippen LogP contribution in [-0.4, -0.2) is 13.1 Å². The SMILES string of the molecule is Fc1ccc2c(c1)CCC21CCNCC1. The molecule has 0 bridgehead atoms. The van der Waals surface area contributed by atoms with Gasteiger partial charge in [0, 0.05) is 0 Å². The molecule has 0 radical (unpaired) electrons. The van der Waals surface area contributed by atoms with E-state index >= 15 is 0 Å². The summed E-state index contributed by atoms with van der Waals surface area (Å²) in [5, 5.41) is 3.40. The van der Waals surface area contributed by atoms with E-state index in [1.165, 1.54) is 30.4 Å². The normalized spacial score (nSPS) is 23.0.